The molecule has 0 unspecified atom stereocenters. The molecule has 4 aromatic rings. The molecule has 1 N–H and O–H groups in total. The van der Waals surface area contributed by atoms with Gasteiger partial charge < -0.3 is 5.32 Å². The van der Waals surface area contributed by atoms with Crippen LogP contribution in [0.4, 0.5) is 24.5 Å². The van der Waals surface area contributed by atoms with E-state index in [-0.39, 0.29) is 12.0 Å². The van der Waals surface area contributed by atoms with Crippen molar-refractivity contribution >= 4 is 52.2 Å². The lowest BCUT2D eigenvalue weighted by molar-refractivity contribution is -0.137. The van der Waals surface area contributed by atoms with Crippen LogP contribution in [0.1, 0.15) is 53.8 Å². The molecule has 0 aliphatic carbocycles. The Morgan fingerprint density at radius 2 is 1.54 bits per heavy atom. The van der Waals surface area contributed by atoms with Crippen LogP contribution < -0.4 is 15.1 Å². The van der Waals surface area contributed by atoms with Gasteiger partial charge in [-0.15, -0.1) is 0 Å². The summed E-state index contributed by atoms with van der Waals surface area (Å²) in [5, 5.41) is 2.01. The number of fused-ring (bicyclic) bond motifs is 2. The first-order valence-electron chi connectivity index (χ1n) is 14.6. The van der Waals surface area contributed by atoms with Crippen molar-refractivity contribution in [2.24, 2.45) is 5.92 Å². The van der Waals surface area contributed by atoms with Gasteiger partial charge in [0.25, 0.3) is 0 Å². The maximum absolute atomic E-state index is 14.1. The topological polar surface area (TPSA) is 88.5 Å². The highest BCUT2D eigenvalue weighted by Crippen LogP contribution is 2.54. The van der Waals surface area contributed by atoms with Gasteiger partial charge >= 0.3 is 11.0 Å². The van der Waals surface area contributed by atoms with E-state index in [1.165, 1.54) is 16.7 Å². The first-order valence-corrected chi connectivity index (χ1v) is 16.3. The number of halogens is 3. The number of hydrogen-bond donors (Lipinski definition) is 1. The Balaban J connectivity index is 1.44. The number of para-hydroxylation sites is 1. The maximum Gasteiger partial charge on any atom is 0.418 e. The number of aromatic nitrogens is 1. The van der Waals surface area contributed by atoms with Crippen LogP contribution in [0.25, 0.3) is 0 Å². The van der Waals surface area contributed by atoms with Crippen LogP contribution in [0.5, 0.6) is 0 Å². The summed E-state index contributed by atoms with van der Waals surface area (Å²) in [7, 11) is 0. The number of carbonyl (C=O) groups excluding carboxylic acids is 3. The van der Waals surface area contributed by atoms with Crippen molar-refractivity contribution in [3.05, 3.63) is 110 Å². The summed E-state index contributed by atoms with van der Waals surface area (Å²) in [5.74, 6) is -3.89. The zero-order valence-electron chi connectivity index (χ0n) is 25.3. The third-order valence-corrected chi connectivity index (χ3v) is 10.9. The van der Waals surface area contributed by atoms with Crippen LogP contribution in [-0.2, 0) is 32.5 Å². The third kappa shape index (κ3) is 5.68. The number of anilines is 2. The van der Waals surface area contributed by atoms with E-state index in [2.05, 4.69) is 26.1 Å². The van der Waals surface area contributed by atoms with Crippen molar-refractivity contribution < 1.29 is 27.6 Å². The Kier molecular flexibility index (Phi) is 8.00. The number of alkyl halides is 3. The van der Waals surface area contributed by atoms with E-state index in [0.29, 0.717) is 26.1 Å². The van der Waals surface area contributed by atoms with Gasteiger partial charge in [-0.1, -0.05) is 98.0 Å². The van der Waals surface area contributed by atoms with Crippen LogP contribution in [0, 0.1) is 12.8 Å². The summed E-state index contributed by atoms with van der Waals surface area (Å²) in [6.07, 6.45) is -4.80. The second-order valence-corrected chi connectivity index (χ2v) is 14.6. The standard InChI is InChI=1S/C34H30F3N3O4S2/c1-18-9-15-21(16-10-18)38-24(41)17-39-31-28(46-32(39)44)25(19-11-13-20(14-12-19)33(2,3)4)26-27(45-31)30(43)40(29(26)42)23-8-6-5-7-22(23)34(35,36)37/h5-16,25-27H,17H2,1-4H3,(H,38,41)/t25-,26-,27+/m0/s1. The highest BCUT2D eigenvalue weighted by Gasteiger charge is 2.57. The van der Waals surface area contributed by atoms with E-state index < -0.39 is 57.1 Å². The van der Waals surface area contributed by atoms with Gasteiger partial charge in [0.05, 0.1) is 22.2 Å². The van der Waals surface area contributed by atoms with Crippen molar-refractivity contribution in [3.63, 3.8) is 0 Å². The largest absolute Gasteiger partial charge is 0.418 e. The molecule has 0 spiro atoms. The van der Waals surface area contributed by atoms with Crippen LogP contribution in [0.15, 0.2) is 82.6 Å². The molecule has 3 atom stereocenters. The average molecular weight is 666 g/mol. The molecule has 7 nitrogen and oxygen atoms in total. The summed E-state index contributed by atoms with van der Waals surface area (Å²) >= 11 is 1.84. The van der Waals surface area contributed by atoms with E-state index in [1.807, 2.05) is 43.3 Å². The molecule has 12 heteroatoms. The molecule has 0 saturated carbocycles. The Morgan fingerprint density at radius 3 is 2.17 bits per heavy atom. The molecule has 1 aromatic heterocycles. The van der Waals surface area contributed by atoms with Gasteiger partial charge in [-0.3, -0.25) is 23.7 Å². The van der Waals surface area contributed by atoms with Gasteiger partial charge in [0, 0.05) is 16.5 Å². The number of nitrogens with zero attached hydrogens (tertiary/aromatic N) is 2. The van der Waals surface area contributed by atoms with E-state index in [9.17, 15) is 32.3 Å². The van der Waals surface area contributed by atoms with Gasteiger partial charge in [-0.2, -0.15) is 13.2 Å². The van der Waals surface area contributed by atoms with E-state index in [4.69, 9.17) is 0 Å². The number of rotatable bonds is 5. The van der Waals surface area contributed by atoms with E-state index >= 15 is 0 Å². The summed E-state index contributed by atoms with van der Waals surface area (Å²) < 4.78 is 43.4. The summed E-state index contributed by atoms with van der Waals surface area (Å²) in [6.45, 7) is 7.72. The summed E-state index contributed by atoms with van der Waals surface area (Å²) in [5.41, 5.74) is 1.43. The van der Waals surface area contributed by atoms with E-state index in [1.54, 1.807) is 12.1 Å². The predicted octanol–water partition coefficient (Wildman–Crippen LogP) is 6.97. The zero-order chi connectivity index (χ0) is 33.1. The number of thiazole rings is 1. The lowest BCUT2D eigenvalue weighted by Crippen LogP contribution is -2.33. The van der Waals surface area contributed by atoms with Gasteiger partial charge in [0.1, 0.15) is 11.8 Å². The van der Waals surface area contributed by atoms with Crippen LogP contribution in [-0.4, -0.2) is 27.5 Å². The SMILES string of the molecule is Cc1ccc(NC(=O)Cn2c3c(sc2=O)[C@@H](c2ccc(C(C)(C)C)cc2)[C@@H]2C(=O)N(c4ccccc4C(F)(F)F)C(=O)[C@@H]2S3)cc1. The van der Waals surface area contributed by atoms with Crippen LogP contribution >= 0.6 is 23.1 Å². The number of thioether (sulfide) groups is 1. The lowest BCUT2D eigenvalue weighted by atomic mass is 9.81. The first kappa shape index (κ1) is 31.8. The summed E-state index contributed by atoms with van der Waals surface area (Å²) in [4.78, 5) is 55.3. The number of hydrogen-bond acceptors (Lipinski definition) is 6. The molecule has 1 fully saturated rings. The molecular formula is C34H30F3N3O4S2. The number of amides is 3. The van der Waals surface area contributed by atoms with Crippen molar-refractivity contribution in [2.75, 3.05) is 10.2 Å². The first-order chi connectivity index (χ1) is 21.6. The fourth-order valence-electron chi connectivity index (χ4n) is 5.93. The second kappa shape index (κ2) is 11.6. The minimum absolute atomic E-state index is 0.176. The van der Waals surface area contributed by atoms with Gasteiger partial charge in [-0.25, -0.2) is 4.90 Å². The van der Waals surface area contributed by atoms with Crippen molar-refractivity contribution in [1.29, 1.82) is 0 Å². The predicted molar refractivity (Wildman–Crippen MR) is 172 cm³/mol. The van der Waals surface area contributed by atoms with Gasteiger partial charge in [-0.05, 0) is 47.7 Å². The third-order valence-electron chi connectivity index (χ3n) is 8.27. The number of benzene rings is 3. The van der Waals surface area contributed by atoms with Crippen molar-refractivity contribution in [2.45, 2.75) is 62.0 Å². The zero-order valence-corrected chi connectivity index (χ0v) is 27.0. The molecule has 1 saturated heterocycles. The highest BCUT2D eigenvalue weighted by molar-refractivity contribution is 8.00. The molecular weight excluding hydrogens is 636 g/mol. The monoisotopic (exact) mass is 665 g/mol. The molecule has 2 aliphatic heterocycles. The average Bonchev–Trinajstić information content (AvgIpc) is 3.43. The molecule has 3 amide bonds. The Morgan fingerprint density at radius 1 is 0.891 bits per heavy atom. The fourth-order valence-corrected chi connectivity index (χ4v) is 8.70. The van der Waals surface area contributed by atoms with Crippen molar-refractivity contribution in [1.82, 2.24) is 4.57 Å². The number of nitrogens with one attached hydrogen (secondary N) is 1. The van der Waals surface area contributed by atoms with Crippen molar-refractivity contribution in [3.8, 4) is 0 Å². The fraction of sp³-hybridized carbons (Fsp3) is 0.294. The Labute approximate surface area is 271 Å². The molecule has 46 heavy (non-hydrogen) atoms. The lowest BCUT2D eigenvalue weighted by Gasteiger charge is -2.31. The highest BCUT2D eigenvalue weighted by atomic mass is 32.2. The quantitative estimate of drug-likeness (QED) is 0.233. The second-order valence-electron chi connectivity index (χ2n) is 12.5. The van der Waals surface area contributed by atoms with Crippen LogP contribution in [0.3, 0.4) is 0 Å². The van der Waals surface area contributed by atoms with E-state index in [0.717, 1.165) is 46.4 Å². The van der Waals surface area contributed by atoms with Crippen LogP contribution in [0.2, 0.25) is 0 Å². The number of carbonyl (C=O) groups is 3. The normalized spacial score (nSPS) is 19.6. The maximum atomic E-state index is 14.1. The number of imide groups is 1. The number of aryl methyl sites for hydroxylation is 1. The molecule has 0 radical (unpaired) electrons. The molecule has 238 valence electrons. The molecule has 6 rings (SSSR count). The smallest absolute Gasteiger partial charge is 0.325 e. The molecule has 2 aliphatic rings. The van der Waals surface area contributed by atoms with Gasteiger partial charge in [0.2, 0.25) is 17.7 Å². The molecule has 3 heterocycles. The molecule has 3 aromatic carbocycles. The minimum atomic E-state index is -4.80. The minimum Gasteiger partial charge on any atom is -0.325 e. The molecule has 0 bridgehead atoms. The van der Waals surface area contributed by atoms with Gasteiger partial charge in [0.15, 0.2) is 0 Å². The summed E-state index contributed by atoms with van der Waals surface area (Å²) in [6, 6.07) is 19.2. The Bertz CT molecular complexity index is 1910. The Hall–Kier alpha value is -4.16.